The lowest BCUT2D eigenvalue weighted by Gasteiger charge is -2.17. The number of carbonyl (C=O) groups excluding carboxylic acids is 1. The van der Waals surface area contributed by atoms with Gasteiger partial charge in [0.05, 0.1) is 24.4 Å². The molecule has 4 N–H and O–H groups in total. The number of hydrogen-bond donors (Lipinski definition) is 3. The normalized spacial score (nSPS) is 11.9. The minimum absolute atomic E-state index is 0.217. The quantitative estimate of drug-likeness (QED) is 0.385. The first-order valence-corrected chi connectivity index (χ1v) is 10.6. The molecule has 1 atom stereocenters. The van der Waals surface area contributed by atoms with Gasteiger partial charge in [-0.25, -0.2) is 13.8 Å². The van der Waals surface area contributed by atoms with Crippen molar-refractivity contribution in [3.05, 3.63) is 89.9 Å². The zero-order chi connectivity index (χ0) is 24.2. The Morgan fingerprint density at radius 3 is 2.62 bits per heavy atom. The Morgan fingerprint density at radius 1 is 1.12 bits per heavy atom. The van der Waals surface area contributed by atoms with Gasteiger partial charge in [0.1, 0.15) is 17.5 Å². The Hall–Kier alpha value is -4.11. The van der Waals surface area contributed by atoms with E-state index in [1.165, 1.54) is 30.3 Å². The van der Waals surface area contributed by atoms with E-state index in [9.17, 15) is 18.7 Å². The number of nitrogens with one attached hydrogen (secondary N) is 1. The number of benzene rings is 2. The second kappa shape index (κ2) is 9.80. The van der Waals surface area contributed by atoms with Crippen molar-refractivity contribution in [1.82, 2.24) is 20.1 Å². The summed E-state index contributed by atoms with van der Waals surface area (Å²) in [4.78, 5) is 16.9. The number of amides is 1. The summed E-state index contributed by atoms with van der Waals surface area (Å²) in [5.74, 6) is -1.79. The SMILES string of the molecule is CCn1cc(-c2cnc(N)c(-c3ccc(C(=O)NC(CO)c4cccc(F)c4)c(F)c3)c2)cn1. The first kappa shape index (κ1) is 23.1. The molecule has 34 heavy (non-hydrogen) atoms. The van der Waals surface area contributed by atoms with Crippen LogP contribution in [-0.2, 0) is 6.54 Å². The van der Waals surface area contributed by atoms with E-state index in [1.807, 2.05) is 13.1 Å². The van der Waals surface area contributed by atoms with Gasteiger partial charge >= 0.3 is 0 Å². The fraction of sp³-hybridized carbons (Fsp3) is 0.160. The third-order valence-corrected chi connectivity index (χ3v) is 5.47. The van der Waals surface area contributed by atoms with Crippen LogP contribution in [0.3, 0.4) is 0 Å². The number of nitrogen functional groups attached to an aromatic ring is 1. The summed E-state index contributed by atoms with van der Waals surface area (Å²) in [6.45, 7) is 2.23. The van der Waals surface area contributed by atoms with E-state index < -0.39 is 30.2 Å². The molecule has 1 amide bonds. The number of rotatable bonds is 7. The molecule has 0 saturated carbocycles. The average Bonchev–Trinajstić information content (AvgIpc) is 3.32. The van der Waals surface area contributed by atoms with Crippen LogP contribution >= 0.6 is 0 Å². The lowest BCUT2D eigenvalue weighted by molar-refractivity contribution is 0.0912. The van der Waals surface area contributed by atoms with E-state index in [4.69, 9.17) is 5.73 Å². The molecule has 1 unspecified atom stereocenters. The molecule has 0 radical (unpaired) electrons. The molecule has 9 heteroatoms. The van der Waals surface area contributed by atoms with E-state index in [-0.39, 0.29) is 11.4 Å². The van der Waals surface area contributed by atoms with Gasteiger partial charge in [-0.1, -0.05) is 18.2 Å². The van der Waals surface area contributed by atoms with Crippen LogP contribution in [0.1, 0.15) is 28.9 Å². The van der Waals surface area contributed by atoms with Crippen molar-refractivity contribution in [2.75, 3.05) is 12.3 Å². The fourth-order valence-electron chi connectivity index (χ4n) is 3.61. The number of pyridine rings is 1. The summed E-state index contributed by atoms with van der Waals surface area (Å²) in [6, 6.07) is 10.5. The number of aryl methyl sites for hydroxylation is 1. The molecule has 0 saturated heterocycles. The van der Waals surface area contributed by atoms with Crippen molar-refractivity contribution in [2.24, 2.45) is 0 Å². The Balaban J connectivity index is 1.59. The van der Waals surface area contributed by atoms with Crippen LogP contribution in [0.15, 0.2) is 67.1 Å². The predicted octanol–water partition coefficient (Wildman–Crippen LogP) is 3.96. The Labute approximate surface area is 194 Å². The number of nitrogens with zero attached hydrogens (tertiary/aromatic N) is 3. The van der Waals surface area contributed by atoms with Crippen molar-refractivity contribution in [3.8, 4) is 22.3 Å². The van der Waals surface area contributed by atoms with Gasteiger partial charge in [-0.15, -0.1) is 0 Å². The first-order valence-electron chi connectivity index (χ1n) is 10.6. The van der Waals surface area contributed by atoms with Crippen molar-refractivity contribution in [2.45, 2.75) is 19.5 Å². The van der Waals surface area contributed by atoms with E-state index >= 15 is 0 Å². The van der Waals surface area contributed by atoms with Crippen molar-refractivity contribution in [3.63, 3.8) is 0 Å². The topological polar surface area (TPSA) is 106 Å². The number of hydrogen-bond acceptors (Lipinski definition) is 5. The molecule has 2 heterocycles. The van der Waals surface area contributed by atoms with Crippen LogP contribution in [0, 0.1) is 11.6 Å². The number of anilines is 1. The molecule has 0 aliphatic rings. The van der Waals surface area contributed by atoms with E-state index in [0.717, 1.165) is 17.7 Å². The van der Waals surface area contributed by atoms with E-state index in [0.29, 0.717) is 16.7 Å². The molecule has 0 aliphatic carbocycles. The molecule has 4 aromatic rings. The van der Waals surface area contributed by atoms with Crippen LogP contribution in [0.5, 0.6) is 0 Å². The van der Waals surface area contributed by atoms with E-state index in [1.54, 1.807) is 35.3 Å². The highest BCUT2D eigenvalue weighted by Crippen LogP contribution is 2.30. The van der Waals surface area contributed by atoms with Crippen LogP contribution < -0.4 is 11.1 Å². The van der Waals surface area contributed by atoms with Gasteiger partial charge in [-0.3, -0.25) is 9.48 Å². The van der Waals surface area contributed by atoms with Gasteiger partial charge in [0, 0.05) is 35.6 Å². The minimum atomic E-state index is -0.886. The van der Waals surface area contributed by atoms with Crippen molar-refractivity contribution < 1.29 is 18.7 Å². The zero-order valence-corrected chi connectivity index (χ0v) is 18.4. The second-order valence-electron chi connectivity index (χ2n) is 7.70. The summed E-state index contributed by atoms with van der Waals surface area (Å²) in [6.07, 6.45) is 5.21. The summed E-state index contributed by atoms with van der Waals surface area (Å²) in [5.41, 5.74) is 8.78. The maximum absolute atomic E-state index is 15.0. The third kappa shape index (κ3) is 4.79. The molecular formula is C25H23F2N5O2. The number of aliphatic hydroxyl groups is 1. The van der Waals surface area contributed by atoms with Gasteiger partial charge in [0.2, 0.25) is 0 Å². The van der Waals surface area contributed by atoms with Gasteiger partial charge in [-0.05, 0) is 48.4 Å². The predicted molar refractivity (Wildman–Crippen MR) is 125 cm³/mol. The number of carbonyl (C=O) groups is 1. The Bertz CT molecular complexity index is 1340. The molecule has 0 bridgehead atoms. The molecule has 0 aliphatic heterocycles. The molecule has 2 aromatic carbocycles. The van der Waals surface area contributed by atoms with Crippen LogP contribution in [-0.4, -0.2) is 32.4 Å². The highest BCUT2D eigenvalue weighted by Gasteiger charge is 2.19. The largest absolute Gasteiger partial charge is 0.394 e. The summed E-state index contributed by atoms with van der Waals surface area (Å²) >= 11 is 0. The number of aliphatic hydroxyl groups excluding tert-OH is 1. The Morgan fingerprint density at radius 2 is 1.94 bits per heavy atom. The molecule has 4 rings (SSSR count). The van der Waals surface area contributed by atoms with Crippen LogP contribution in [0.4, 0.5) is 14.6 Å². The first-order chi connectivity index (χ1) is 16.4. The second-order valence-corrected chi connectivity index (χ2v) is 7.70. The molecular weight excluding hydrogens is 440 g/mol. The molecule has 0 fully saturated rings. The maximum Gasteiger partial charge on any atom is 0.254 e. The lowest BCUT2D eigenvalue weighted by atomic mass is 10.0. The van der Waals surface area contributed by atoms with Crippen LogP contribution in [0.25, 0.3) is 22.3 Å². The van der Waals surface area contributed by atoms with Gasteiger partial charge in [0.25, 0.3) is 5.91 Å². The lowest BCUT2D eigenvalue weighted by Crippen LogP contribution is -2.31. The average molecular weight is 463 g/mol. The van der Waals surface area contributed by atoms with Gasteiger partial charge < -0.3 is 16.2 Å². The molecule has 174 valence electrons. The van der Waals surface area contributed by atoms with E-state index in [2.05, 4.69) is 15.4 Å². The minimum Gasteiger partial charge on any atom is -0.394 e. The number of nitrogens with two attached hydrogens (primary N) is 1. The monoisotopic (exact) mass is 463 g/mol. The zero-order valence-electron chi connectivity index (χ0n) is 18.4. The van der Waals surface area contributed by atoms with Gasteiger partial charge in [0.15, 0.2) is 0 Å². The summed E-state index contributed by atoms with van der Waals surface area (Å²) < 4.78 is 30.2. The number of aromatic nitrogens is 3. The number of halogens is 2. The van der Waals surface area contributed by atoms with Crippen LogP contribution in [0.2, 0.25) is 0 Å². The van der Waals surface area contributed by atoms with Crippen molar-refractivity contribution in [1.29, 1.82) is 0 Å². The maximum atomic E-state index is 15.0. The van der Waals surface area contributed by atoms with Crippen molar-refractivity contribution >= 4 is 11.7 Å². The summed E-state index contributed by atoms with van der Waals surface area (Å²) in [5, 5.41) is 16.4. The highest BCUT2D eigenvalue weighted by atomic mass is 19.1. The molecule has 0 spiro atoms. The highest BCUT2D eigenvalue weighted by molar-refractivity contribution is 5.95. The Kier molecular flexibility index (Phi) is 6.65. The fourth-order valence-corrected chi connectivity index (χ4v) is 3.61. The molecule has 7 nitrogen and oxygen atoms in total. The third-order valence-electron chi connectivity index (χ3n) is 5.47. The smallest absolute Gasteiger partial charge is 0.254 e. The molecule has 2 aromatic heterocycles. The standard InChI is InChI=1S/C25H23F2N5O2/c1-2-32-13-18(12-30-32)17-9-21(24(28)29-11-17)15-6-7-20(22(27)10-15)25(34)31-23(14-33)16-4-3-5-19(26)8-16/h3-13,23,33H,2,14H2,1H3,(H2,28,29)(H,31,34). The summed E-state index contributed by atoms with van der Waals surface area (Å²) in [7, 11) is 0. The van der Waals surface area contributed by atoms with Gasteiger partial charge in [-0.2, -0.15) is 5.10 Å².